The largest absolute Gasteiger partial charge is 0.493 e. The highest BCUT2D eigenvalue weighted by Gasteiger charge is 2.29. The van der Waals surface area contributed by atoms with Crippen LogP contribution in [0.4, 0.5) is 13.2 Å². The molecule has 0 spiro atoms. The second-order valence-electron chi connectivity index (χ2n) is 6.26. The molecule has 0 bridgehead atoms. The fraction of sp³-hybridized carbons (Fsp3) is 0.562. The first-order chi connectivity index (χ1) is 10.4. The van der Waals surface area contributed by atoms with E-state index in [0.717, 1.165) is 0 Å². The van der Waals surface area contributed by atoms with Crippen molar-refractivity contribution in [2.75, 3.05) is 13.7 Å². The summed E-state index contributed by atoms with van der Waals surface area (Å²) in [6, 6.07) is 4.24. The third-order valence-corrected chi connectivity index (χ3v) is 3.11. The monoisotopic (exact) mass is 333 g/mol. The van der Waals surface area contributed by atoms with E-state index in [0.29, 0.717) is 5.56 Å². The molecule has 0 unspecified atom stereocenters. The summed E-state index contributed by atoms with van der Waals surface area (Å²) in [5, 5.41) is 2.85. The molecule has 1 rings (SSSR count). The van der Waals surface area contributed by atoms with E-state index >= 15 is 0 Å². The first kappa shape index (κ1) is 19.1. The van der Waals surface area contributed by atoms with Crippen molar-refractivity contribution in [3.8, 4) is 11.5 Å². The SMILES string of the molecule is COc1cc([C@@H](C)NC(=O)C(C)(C)C)ccc1OCC(F)(F)F. The van der Waals surface area contributed by atoms with Crippen molar-refractivity contribution in [3.63, 3.8) is 0 Å². The number of benzene rings is 1. The Bertz CT molecular complexity index is 550. The molecule has 0 heterocycles. The van der Waals surface area contributed by atoms with Gasteiger partial charge < -0.3 is 14.8 Å². The number of carbonyl (C=O) groups is 1. The van der Waals surface area contributed by atoms with Crippen LogP contribution in [-0.2, 0) is 4.79 Å². The van der Waals surface area contributed by atoms with Crippen LogP contribution in [0.25, 0.3) is 0 Å². The molecule has 1 N–H and O–H groups in total. The lowest BCUT2D eigenvalue weighted by molar-refractivity contribution is -0.153. The number of rotatable bonds is 5. The Morgan fingerprint density at radius 1 is 1.22 bits per heavy atom. The molecule has 23 heavy (non-hydrogen) atoms. The molecule has 0 aliphatic heterocycles. The molecule has 0 saturated carbocycles. The van der Waals surface area contributed by atoms with E-state index in [1.807, 2.05) is 0 Å². The Hall–Kier alpha value is -1.92. The number of hydrogen-bond donors (Lipinski definition) is 1. The van der Waals surface area contributed by atoms with Crippen LogP contribution in [0.3, 0.4) is 0 Å². The summed E-state index contributed by atoms with van der Waals surface area (Å²) in [7, 11) is 1.35. The zero-order valence-electron chi connectivity index (χ0n) is 13.9. The van der Waals surface area contributed by atoms with Crippen molar-refractivity contribution in [2.24, 2.45) is 5.41 Å². The van der Waals surface area contributed by atoms with E-state index < -0.39 is 18.2 Å². The maximum absolute atomic E-state index is 12.2. The van der Waals surface area contributed by atoms with Gasteiger partial charge in [0, 0.05) is 5.41 Å². The molecule has 0 aromatic heterocycles. The predicted molar refractivity (Wildman–Crippen MR) is 80.6 cm³/mol. The lowest BCUT2D eigenvalue weighted by Crippen LogP contribution is -2.36. The van der Waals surface area contributed by atoms with Gasteiger partial charge in [-0.1, -0.05) is 26.8 Å². The number of methoxy groups -OCH3 is 1. The average Bonchev–Trinajstić information content (AvgIpc) is 2.42. The number of nitrogens with one attached hydrogen (secondary N) is 1. The number of alkyl halides is 3. The molecule has 0 aliphatic carbocycles. The van der Waals surface area contributed by atoms with Crippen LogP contribution in [0.1, 0.15) is 39.3 Å². The minimum Gasteiger partial charge on any atom is -0.493 e. The third kappa shape index (κ3) is 6.00. The first-order valence-corrected chi connectivity index (χ1v) is 7.12. The van der Waals surface area contributed by atoms with Crippen molar-refractivity contribution in [3.05, 3.63) is 23.8 Å². The minimum absolute atomic E-state index is 0.00271. The molecule has 0 saturated heterocycles. The average molecular weight is 333 g/mol. The quantitative estimate of drug-likeness (QED) is 0.890. The van der Waals surface area contributed by atoms with Crippen molar-refractivity contribution < 1.29 is 27.4 Å². The van der Waals surface area contributed by atoms with Crippen molar-refractivity contribution in [2.45, 2.75) is 39.9 Å². The predicted octanol–water partition coefficient (Wildman–Crippen LogP) is 3.86. The van der Waals surface area contributed by atoms with Gasteiger partial charge in [0.05, 0.1) is 13.2 Å². The van der Waals surface area contributed by atoms with Gasteiger partial charge in [0.1, 0.15) is 0 Å². The smallest absolute Gasteiger partial charge is 0.422 e. The van der Waals surface area contributed by atoms with Crippen molar-refractivity contribution >= 4 is 5.91 Å². The topological polar surface area (TPSA) is 47.6 Å². The third-order valence-electron chi connectivity index (χ3n) is 3.11. The number of hydrogen-bond acceptors (Lipinski definition) is 3. The van der Waals surface area contributed by atoms with Gasteiger partial charge in [0.15, 0.2) is 18.1 Å². The van der Waals surface area contributed by atoms with Gasteiger partial charge in [-0.05, 0) is 24.6 Å². The normalized spacial score (nSPS) is 13.4. The zero-order valence-corrected chi connectivity index (χ0v) is 13.9. The van der Waals surface area contributed by atoms with E-state index in [1.54, 1.807) is 39.8 Å². The Morgan fingerprint density at radius 2 is 1.83 bits per heavy atom. The molecule has 0 aliphatic rings. The number of halogens is 3. The van der Waals surface area contributed by atoms with E-state index in [-0.39, 0.29) is 23.4 Å². The van der Waals surface area contributed by atoms with Crippen LogP contribution in [0.15, 0.2) is 18.2 Å². The molecule has 7 heteroatoms. The highest BCUT2D eigenvalue weighted by Crippen LogP contribution is 2.32. The molecule has 1 atom stereocenters. The van der Waals surface area contributed by atoms with E-state index in [2.05, 4.69) is 5.32 Å². The highest BCUT2D eigenvalue weighted by molar-refractivity contribution is 5.81. The molecule has 0 fully saturated rings. The van der Waals surface area contributed by atoms with Crippen LogP contribution < -0.4 is 14.8 Å². The Labute approximate surface area is 134 Å². The van der Waals surface area contributed by atoms with E-state index in [4.69, 9.17) is 9.47 Å². The molecule has 0 radical (unpaired) electrons. The maximum atomic E-state index is 12.2. The molecule has 4 nitrogen and oxygen atoms in total. The first-order valence-electron chi connectivity index (χ1n) is 7.12. The van der Waals surface area contributed by atoms with Gasteiger partial charge in [-0.25, -0.2) is 0 Å². The fourth-order valence-corrected chi connectivity index (χ4v) is 1.73. The Morgan fingerprint density at radius 3 is 2.30 bits per heavy atom. The van der Waals surface area contributed by atoms with Crippen molar-refractivity contribution in [1.29, 1.82) is 0 Å². The lowest BCUT2D eigenvalue weighted by atomic mass is 9.94. The van der Waals surface area contributed by atoms with E-state index in [9.17, 15) is 18.0 Å². The van der Waals surface area contributed by atoms with Gasteiger partial charge in [0.25, 0.3) is 0 Å². The number of ether oxygens (including phenoxy) is 2. The molecule has 1 aromatic rings. The highest BCUT2D eigenvalue weighted by atomic mass is 19.4. The summed E-state index contributed by atoms with van der Waals surface area (Å²) in [5.74, 6) is 0.0629. The number of amides is 1. The summed E-state index contributed by atoms with van der Waals surface area (Å²) in [5.41, 5.74) is 0.174. The summed E-state index contributed by atoms with van der Waals surface area (Å²) in [6.45, 7) is 5.78. The second kappa shape index (κ2) is 7.10. The fourth-order valence-electron chi connectivity index (χ4n) is 1.73. The van der Waals surface area contributed by atoms with Crippen LogP contribution in [0, 0.1) is 5.41 Å². The van der Waals surface area contributed by atoms with Gasteiger partial charge in [-0.2, -0.15) is 13.2 Å². The van der Waals surface area contributed by atoms with Gasteiger partial charge in [-0.15, -0.1) is 0 Å². The summed E-state index contributed by atoms with van der Waals surface area (Å²) in [6.07, 6.45) is -4.42. The lowest BCUT2D eigenvalue weighted by Gasteiger charge is -2.23. The van der Waals surface area contributed by atoms with Crippen LogP contribution in [0.2, 0.25) is 0 Å². The van der Waals surface area contributed by atoms with E-state index in [1.165, 1.54) is 13.2 Å². The Balaban J connectivity index is 2.88. The molecular weight excluding hydrogens is 311 g/mol. The van der Waals surface area contributed by atoms with Crippen molar-refractivity contribution in [1.82, 2.24) is 5.32 Å². The van der Waals surface area contributed by atoms with Gasteiger partial charge in [-0.3, -0.25) is 4.79 Å². The van der Waals surface area contributed by atoms with Crippen LogP contribution >= 0.6 is 0 Å². The standard InChI is InChI=1S/C16H22F3NO3/c1-10(20-14(21)15(2,3)4)11-6-7-12(13(8-11)22-5)23-9-16(17,18)19/h6-8,10H,9H2,1-5H3,(H,20,21)/t10-/m1/s1. The summed E-state index contributed by atoms with van der Waals surface area (Å²) in [4.78, 5) is 12.0. The molecular formula is C16H22F3NO3. The second-order valence-corrected chi connectivity index (χ2v) is 6.26. The van der Waals surface area contributed by atoms with Crippen LogP contribution in [-0.4, -0.2) is 25.8 Å². The van der Waals surface area contributed by atoms with Crippen LogP contribution in [0.5, 0.6) is 11.5 Å². The van der Waals surface area contributed by atoms with Gasteiger partial charge in [0.2, 0.25) is 5.91 Å². The summed E-state index contributed by atoms with van der Waals surface area (Å²) < 4.78 is 46.5. The summed E-state index contributed by atoms with van der Waals surface area (Å²) >= 11 is 0. The Kier molecular flexibility index (Phi) is 5.91. The number of carbonyl (C=O) groups excluding carboxylic acids is 1. The maximum Gasteiger partial charge on any atom is 0.422 e. The van der Waals surface area contributed by atoms with Gasteiger partial charge >= 0.3 is 6.18 Å². The molecule has 130 valence electrons. The molecule has 1 aromatic carbocycles. The zero-order chi connectivity index (χ0) is 17.8. The molecule has 1 amide bonds. The minimum atomic E-state index is -4.42.